The number of aromatic hydroxyl groups is 1. The number of rotatable bonds is 4. The van der Waals surface area contributed by atoms with Crippen LogP contribution in [0.2, 0.25) is 0 Å². The van der Waals surface area contributed by atoms with E-state index in [-0.39, 0.29) is 12.1 Å². The van der Waals surface area contributed by atoms with Gasteiger partial charge in [-0.1, -0.05) is 0 Å². The third-order valence-electron chi connectivity index (χ3n) is 3.27. The van der Waals surface area contributed by atoms with Crippen molar-refractivity contribution in [2.24, 2.45) is 4.99 Å². The molecule has 0 aliphatic carbocycles. The Hall–Kier alpha value is -2.62. The second-order valence-corrected chi connectivity index (χ2v) is 6.14. The number of furan rings is 1. The smallest absolute Gasteiger partial charge is 0.331 e. The molecule has 0 fully saturated rings. The van der Waals surface area contributed by atoms with Gasteiger partial charge in [0.25, 0.3) is 5.56 Å². The Morgan fingerprint density at radius 3 is 2.67 bits per heavy atom. The molecule has 1 aromatic carbocycles. The van der Waals surface area contributed by atoms with Gasteiger partial charge >= 0.3 is 5.69 Å². The lowest BCUT2D eigenvalue weighted by Crippen LogP contribution is -2.32. The highest BCUT2D eigenvalue weighted by molar-refractivity contribution is 14.1. The standard InChI is InChI=1S/C16H12IN3O4/c17-10-3-5-11(6-4-10)18-8-13-14(21)19-16(23)20(15(13)22)9-12-2-1-7-24-12/h1-8,22H,9H2,(H,19,21,23). The third kappa shape index (κ3) is 3.48. The minimum atomic E-state index is -0.722. The summed E-state index contributed by atoms with van der Waals surface area (Å²) >= 11 is 2.17. The molecule has 0 bridgehead atoms. The van der Waals surface area contributed by atoms with Gasteiger partial charge in [-0.25, -0.2) is 4.79 Å². The zero-order chi connectivity index (χ0) is 17.1. The van der Waals surface area contributed by atoms with Gasteiger partial charge in [-0.05, 0) is 59.0 Å². The average molecular weight is 437 g/mol. The van der Waals surface area contributed by atoms with Gasteiger partial charge in [0, 0.05) is 9.78 Å². The second-order valence-electron chi connectivity index (χ2n) is 4.90. The van der Waals surface area contributed by atoms with E-state index in [0.717, 1.165) is 8.14 Å². The Kier molecular flexibility index (Phi) is 4.65. The van der Waals surface area contributed by atoms with Crippen LogP contribution in [0.4, 0.5) is 5.69 Å². The van der Waals surface area contributed by atoms with Crippen molar-refractivity contribution >= 4 is 34.5 Å². The first-order valence-corrected chi connectivity index (χ1v) is 8.00. The Morgan fingerprint density at radius 2 is 2.00 bits per heavy atom. The van der Waals surface area contributed by atoms with Crippen molar-refractivity contribution in [1.29, 1.82) is 0 Å². The number of nitrogens with zero attached hydrogens (tertiary/aromatic N) is 2. The summed E-state index contributed by atoms with van der Waals surface area (Å²) in [5, 5.41) is 10.3. The first-order chi connectivity index (χ1) is 11.5. The molecular formula is C16H12IN3O4. The summed E-state index contributed by atoms with van der Waals surface area (Å²) in [5.41, 5.74) is -0.902. The van der Waals surface area contributed by atoms with Gasteiger partial charge in [0.15, 0.2) is 0 Å². The zero-order valence-electron chi connectivity index (χ0n) is 12.3. The highest BCUT2D eigenvalue weighted by Crippen LogP contribution is 2.16. The average Bonchev–Trinajstić information content (AvgIpc) is 3.06. The van der Waals surface area contributed by atoms with E-state index in [9.17, 15) is 14.7 Å². The molecular weight excluding hydrogens is 425 g/mol. The minimum absolute atomic E-state index is 0.00117. The quantitative estimate of drug-likeness (QED) is 0.483. The van der Waals surface area contributed by atoms with Crippen molar-refractivity contribution in [2.75, 3.05) is 0 Å². The molecule has 0 spiro atoms. The van der Waals surface area contributed by atoms with Gasteiger partial charge in [0.2, 0.25) is 5.88 Å². The number of nitrogens with one attached hydrogen (secondary N) is 1. The number of hydrogen-bond acceptors (Lipinski definition) is 5. The summed E-state index contributed by atoms with van der Waals surface area (Å²) in [5.74, 6) is 0.00869. The predicted molar refractivity (Wildman–Crippen MR) is 97.2 cm³/mol. The lowest BCUT2D eigenvalue weighted by molar-refractivity contribution is 0.392. The van der Waals surface area contributed by atoms with Crippen LogP contribution in [-0.2, 0) is 6.54 Å². The Bertz CT molecular complexity index is 986. The molecule has 0 saturated heterocycles. The Morgan fingerprint density at radius 1 is 1.25 bits per heavy atom. The third-order valence-corrected chi connectivity index (χ3v) is 3.99. The summed E-state index contributed by atoms with van der Waals surface area (Å²) in [6, 6.07) is 10.6. The van der Waals surface area contributed by atoms with Crippen LogP contribution in [0.3, 0.4) is 0 Å². The maximum Gasteiger partial charge on any atom is 0.331 e. The molecule has 0 unspecified atom stereocenters. The van der Waals surface area contributed by atoms with Crippen molar-refractivity contribution < 1.29 is 9.52 Å². The topological polar surface area (TPSA) is 101 Å². The van der Waals surface area contributed by atoms with Crippen LogP contribution in [0.15, 0.2) is 61.7 Å². The predicted octanol–water partition coefficient (Wildman–Crippen LogP) is 2.24. The summed E-state index contributed by atoms with van der Waals surface area (Å²) in [6.07, 6.45) is 2.69. The lowest BCUT2D eigenvalue weighted by Gasteiger charge is -2.07. The van der Waals surface area contributed by atoms with Gasteiger partial charge in [-0.2, -0.15) is 0 Å². The molecule has 0 saturated carbocycles. The van der Waals surface area contributed by atoms with Crippen molar-refractivity contribution in [3.63, 3.8) is 0 Å². The molecule has 2 heterocycles. The fourth-order valence-corrected chi connectivity index (χ4v) is 2.42. The van der Waals surface area contributed by atoms with Crippen LogP contribution in [0.5, 0.6) is 5.88 Å². The molecule has 3 rings (SSSR count). The van der Waals surface area contributed by atoms with E-state index in [4.69, 9.17) is 4.42 Å². The van der Waals surface area contributed by atoms with E-state index in [1.807, 2.05) is 12.1 Å². The summed E-state index contributed by atoms with van der Waals surface area (Å²) in [7, 11) is 0. The maximum absolute atomic E-state index is 11.9. The van der Waals surface area contributed by atoms with Crippen LogP contribution < -0.4 is 11.2 Å². The van der Waals surface area contributed by atoms with Crippen LogP contribution in [-0.4, -0.2) is 20.9 Å². The first-order valence-electron chi connectivity index (χ1n) is 6.92. The van der Waals surface area contributed by atoms with Gasteiger partial charge in [0.1, 0.15) is 11.3 Å². The molecule has 2 aromatic heterocycles. The Labute approximate surface area is 149 Å². The maximum atomic E-state index is 11.9. The van der Waals surface area contributed by atoms with E-state index in [1.54, 1.807) is 24.3 Å². The SMILES string of the molecule is O=c1[nH]c(=O)n(Cc2ccco2)c(O)c1C=Nc1ccc(I)cc1. The molecule has 8 heteroatoms. The fraction of sp³-hybridized carbons (Fsp3) is 0.0625. The van der Waals surface area contributed by atoms with E-state index < -0.39 is 17.1 Å². The number of aliphatic imine (C=N–C) groups is 1. The minimum Gasteiger partial charge on any atom is -0.494 e. The zero-order valence-corrected chi connectivity index (χ0v) is 14.4. The number of benzene rings is 1. The Balaban J connectivity index is 2.00. The molecule has 0 amide bonds. The molecule has 0 aliphatic rings. The van der Waals surface area contributed by atoms with Crippen LogP contribution >= 0.6 is 22.6 Å². The van der Waals surface area contributed by atoms with Gasteiger partial charge in [-0.15, -0.1) is 0 Å². The van der Waals surface area contributed by atoms with E-state index in [1.165, 1.54) is 12.5 Å². The van der Waals surface area contributed by atoms with Gasteiger partial charge in [0.05, 0.1) is 18.5 Å². The summed E-state index contributed by atoms with van der Waals surface area (Å²) in [4.78, 5) is 30.2. The lowest BCUT2D eigenvalue weighted by atomic mass is 10.3. The largest absolute Gasteiger partial charge is 0.494 e. The second kappa shape index (κ2) is 6.87. The van der Waals surface area contributed by atoms with Gasteiger partial charge in [-0.3, -0.25) is 19.3 Å². The molecule has 7 nitrogen and oxygen atoms in total. The number of hydrogen-bond donors (Lipinski definition) is 2. The molecule has 3 aromatic rings. The number of aromatic nitrogens is 2. The summed E-state index contributed by atoms with van der Waals surface area (Å²) in [6.45, 7) is -0.00117. The van der Waals surface area contributed by atoms with Crippen molar-refractivity contribution in [2.45, 2.75) is 6.54 Å². The van der Waals surface area contributed by atoms with E-state index >= 15 is 0 Å². The van der Waals surface area contributed by atoms with Crippen molar-refractivity contribution in [3.8, 4) is 5.88 Å². The monoisotopic (exact) mass is 437 g/mol. The highest BCUT2D eigenvalue weighted by Gasteiger charge is 2.13. The molecule has 0 aliphatic heterocycles. The first kappa shape index (κ1) is 16.2. The van der Waals surface area contributed by atoms with E-state index in [0.29, 0.717) is 11.4 Å². The van der Waals surface area contributed by atoms with Crippen LogP contribution in [0, 0.1) is 3.57 Å². The molecule has 0 atom stereocenters. The molecule has 24 heavy (non-hydrogen) atoms. The highest BCUT2D eigenvalue weighted by atomic mass is 127. The van der Waals surface area contributed by atoms with Crippen molar-refractivity contribution in [3.05, 3.63) is 78.4 Å². The number of halogens is 1. The molecule has 2 N–H and O–H groups in total. The normalized spacial score (nSPS) is 11.2. The summed E-state index contributed by atoms with van der Waals surface area (Å²) < 4.78 is 7.23. The molecule has 122 valence electrons. The van der Waals surface area contributed by atoms with Crippen molar-refractivity contribution in [1.82, 2.24) is 9.55 Å². The number of aromatic amines is 1. The van der Waals surface area contributed by atoms with Gasteiger partial charge < -0.3 is 9.52 Å². The molecule has 0 radical (unpaired) electrons. The number of H-pyrrole nitrogens is 1. The van der Waals surface area contributed by atoms with Crippen LogP contribution in [0.25, 0.3) is 0 Å². The fourth-order valence-electron chi connectivity index (χ4n) is 2.06. The van der Waals surface area contributed by atoms with E-state index in [2.05, 4.69) is 32.6 Å². The van der Waals surface area contributed by atoms with Crippen LogP contribution in [0.1, 0.15) is 11.3 Å².